The Bertz CT molecular complexity index is 426. The highest BCUT2D eigenvalue weighted by molar-refractivity contribution is 7.99. The summed E-state index contributed by atoms with van der Waals surface area (Å²) in [7, 11) is 0. The van der Waals surface area contributed by atoms with Crippen molar-refractivity contribution in [3.8, 4) is 0 Å². The van der Waals surface area contributed by atoms with E-state index in [9.17, 15) is 9.59 Å². The van der Waals surface area contributed by atoms with Crippen LogP contribution >= 0.6 is 23.4 Å². The van der Waals surface area contributed by atoms with Crippen LogP contribution in [-0.4, -0.2) is 35.0 Å². The number of halogens is 1. The van der Waals surface area contributed by atoms with Crippen LogP contribution in [0.15, 0.2) is 24.3 Å². The van der Waals surface area contributed by atoms with Gasteiger partial charge in [-0.2, -0.15) is 0 Å². The van der Waals surface area contributed by atoms with Crippen molar-refractivity contribution >= 4 is 35.2 Å². The highest BCUT2D eigenvalue weighted by Crippen LogP contribution is 2.10. The minimum atomic E-state index is -0.842. The minimum absolute atomic E-state index is 0.0597. The molecule has 6 heteroatoms. The Morgan fingerprint density at radius 2 is 2.17 bits per heavy atom. The van der Waals surface area contributed by atoms with E-state index in [0.29, 0.717) is 17.3 Å². The van der Waals surface area contributed by atoms with E-state index in [4.69, 9.17) is 16.7 Å². The number of hydrogen-bond acceptors (Lipinski definition) is 3. The van der Waals surface area contributed by atoms with Crippen LogP contribution in [0.1, 0.15) is 5.56 Å². The average Bonchev–Trinajstić information content (AvgIpc) is 2.28. The van der Waals surface area contributed by atoms with Crippen molar-refractivity contribution < 1.29 is 14.7 Å². The number of carboxylic acids is 1. The van der Waals surface area contributed by atoms with Gasteiger partial charge >= 0.3 is 5.97 Å². The fourth-order valence-electron chi connectivity index (χ4n) is 1.32. The fraction of sp³-hybridized carbons (Fsp3) is 0.333. The van der Waals surface area contributed by atoms with Crippen LogP contribution in [-0.2, 0) is 16.0 Å². The molecule has 0 aliphatic rings. The van der Waals surface area contributed by atoms with Gasteiger partial charge in [-0.1, -0.05) is 23.7 Å². The van der Waals surface area contributed by atoms with Gasteiger partial charge in [0, 0.05) is 17.3 Å². The molecule has 0 aromatic heterocycles. The largest absolute Gasteiger partial charge is 0.481 e. The van der Waals surface area contributed by atoms with E-state index in [0.717, 1.165) is 5.56 Å². The first-order valence-electron chi connectivity index (χ1n) is 5.38. The SMILES string of the molecule is O=C(O)CSCCNC(=O)Cc1cccc(Cl)c1. The lowest BCUT2D eigenvalue weighted by Crippen LogP contribution is -2.27. The second kappa shape index (κ2) is 8.00. The van der Waals surface area contributed by atoms with E-state index in [1.54, 1.807) is 18.2 Å². The van der Waals surface area contributed by atoms with Crippen LogP contribution in [0.2, 0.25) is 5.02 Å². The van der Waals surface area contributed by atoms with Gasteiger partial charge in [0.15, 0.2) is 0 Å². The average molecular weight is 288 g/mol. The van der Waals surface area contributed by atoms with Gasteiger partial charge in [-0.05, 0) is 17.7 Å². The van der Waals surface area contributed by atoms with Gasteiger partial charge in [0.05, 0.1) is 12.2 Å². The van der Waals surface area contributed by atoms with Crippen LogP contribution in [0, 0.1) is 0 Å². The van der Waals surface area contributed by atoms with Gasteiger partial charge in [-0.25, -0.2) is 0 Å². The van der Waals surface area contributed by atoms with Crippen molar-refractivity contribution in [1.82, 2.24) is 5.32 Å². The minimum Gasteiger partial charge on any atom is -0.481 e. The molecule has 1 rings (SSSR count). The third-order valence-corrected chi connectivity index (χ3v) is 3.23. The third-order valence-electron chi connectivity index (χ3n) is 2.05. The van der Waals surface area contributed by atoms with E-state index >= 15 is 0 Å². The maximum absolute atomic E-state index is 11.5. The lowest BCUT2D eigenvalue weighted by atomic mass is 10.1. The molecule has 0 aliphatic heterocycles. The molecular formula is C12H14ClNO3S. The number of thioether (sulfide) groups is 1. The zero-order valence-electron chi connectivity index (χ0n) is 9.69. The number of amides is 1. The summed E-state index contributed by atoms with van der Waals surface area (Å²) in [6, 6.07) is 7.14. The second-order valence-electron chi connectivity index (χ2n) is 3.60. The van der Waals surface area contributed by atoms with Gasteiger partial charge < -0.3 is 10.4 Å². The Morgan fingerprint density at radius 3 is 2.83 bits per heavy atom. The smallest absolute Gasteiger partial charge is 0.313 e. The summed E-state index contributed by atoms with van der Waals surface area (Å²) < 4.78 is 0. The molecule has 18 heavy (non-hydrogen) atoms. The monoisotopic (exact) mass is 287 g/mol. The molecule has 0 unspecified atom stereocenters. The Kier molecular flexibility index (Phi) is 6.60. The first-order valence-corrected chi connectivity index (χ1v) is 6.92. The number of carbonyl (C=O) groups excluding carboxylic acids is 1. The molecule has 0 bridgehead atoms. The van der Waals surface area contributed by atoms with Crippen molar-refractivity contribution in [1.29, 1.82) is 0 Å². The predicted octanol–water partition coefficient (Wildman–Crippen LogP) is 1.82. The van der Waals surface area contributed by atoms with Crippen molar-refractivity contribution in [2.24, 2.45) is 0 Å². The second-order valence-corrected chi connectivity index (χ2v) is 5.14. The summed E-state index contributed by atoms with van der Waals surface area (Å²) >= 11 is 7.09. The highest BCUT2D eigenvalue weighted by atomic mass is 35.5. The number of nitrogens with one attached hydrogen (secondary N) is 1. The zero-order chi connectivity index (χ0) is 13.4. The molecular weight excluding hydrogens is 274 g/mol. The lowest BCUT2D eigenvalue weighted by molar-refractivity contribution is -0.133. The van der Waals surface area contributed by atoms with Gasteiger partial charge in [0.25, 0.3) is 0 Å². The number of benzene rings is 1. The molecule has 1 amide bonds. The molecule has 1 aromatic carbocycles. The first kappa shape index (κ1) is 14.9. The van der Waals surface area contributed by atoms with Gasteiger partial charge in [-0.3, -0.25) is 9.59 Å². The molecule has 0 atom stereocenters. The van der Waals surface area contributed by atoms with Crippen LogP contribution < -0.4 is 5.32 Å². The van der Waals surface area contributed by atoms with Crippen molar-refractivity contribution in [2.45, 2.75) is 6.42 Å². The Labute approximate surface area is 115 Å². The molecule has 0 radical (unpaired) electrons. The molecule has 98 valence electrons. The quantitative estimate of drug-likeness (QED) is 0.751. The van der Waals surface area contributed by atoms with Crippen molar-refractivity contribution in [3.05, 3.63) is 34.9 Å². The first-order chi connectivity index (χ1) is 8.58. The maximum atomic E-state index is 11.5. The standard InChI is InChI=1S/C12H14ClNO3S/c13-10-3-1-2-9(6-10)7-11(15)14-4-5-18-8-12(16)17/h1-3,6H,4-5,7-8H2,(H,14,15)(H,16,17). The van der Waals surface area contributed by atoms with Crippen LogP contribution in [0.3, 0.4) is 0 Å². The lowest BCUT2D eigenvalue weighted by Gasteiger charge is -2.05. The normalized spacial score (nSPS) is 10.1. The molecule has 2 N–H and O–H groups in total. The predicted molar refractivity (Wildman–Crippen MR) is 73.1 cm³/mol. The Morgan fingerprint density at radius 1 is 1.39 bits per heavy atom. The van der Waals surface area contributed by atoms with Gasteiger partial charge in [-0.15, -0.1) is 11.8 Å². The molecule has 0 heterocycles. The molecule has 0 saturated heterocycles. The molecule has 4 nitrogen and oxygen atoms in total. The van der Waals surface area contributed by atoms with E-state index in [1.807, 2.05) is 6.07 Å². The molecule has 0 spiro atoms. The van der Waals surface area contributed by atoms with Crippen molar-refractivity contribution in [2.75, 3.05) is 18.1 Å². The summed E-state index contributed by atoms with van der Waals surface area (Å²) in [4.78, 5) is 21.8. The van der Waals surface area contributed by atoms with E-state index in [1.165, 1.54) is 11.8 Å². The summed E-state index contributed by atoms with van der Waals surface area (Å²) in [6.45, 7) is 0.470. The van der Waals surface area contributed by atoms with Crippen LogP contribution in [0.5, 0.6) is 0 Å². The Balaban J connectivity index is 2.20. The number of hydrogen-bond donors (Lipinski definition) is 2. The zero-order valence-corrected chi connectivity index (χ0v) is 11.3. The third kappa shape index (κ3) is 6.51. The van der Waals surface area contributed by atoms with Gasteiger partial charge in [0.2, 0.25) is 5.91 Å². The number of rotatable bonds is 7. The number of carbonyl (C=O) groups is 2. The summed E-state index contributed by atoms with van der Waals surface area (Å²) in [5, 5.41) is 11.8. The van der Waals surface area contributed by atoms with Crippen LogP contribution in [0.25, 0.3) is 0 Å². The maximum Gasteiger partial charge on any atom is 0.313 e. The number of carboxylic acid groups (broad SMARTS) is 1. The number of aliphatic carboxylic acids is 1. The summed E-state index contributed by atoms with van der Waals surface area (Å²) in [6.07, 6.45) is 0.282. The van der Waals surface area contributed by atoms with E-state index in [-0.39, 0.29) is 18.1 Å². The summed E-state index contributed by atoms with van der Waals surface area (Å²) in [5.41, 5.74) is 0.859. The highest BCUT2D eigenvalue weighted by Gasteiger charge is 2.03. The van der Waals surface area contributed by atoms with E-state index in [2.05, 4.69) is 5.32 Å². The topological polar surface area (TPSA) is 66.4 Å². The van der Waals surface area contributed by atoms with E-state index < -0.39 is 5.97 Å². The van der Waals surface area contributed by atoms with Crippen LogP contribution in [0.4, 0.5) is 0 Å². The molecule has 0 fully saturated rings. The molecule has 0 aliphatic carbocycles. The molecule has 0 saturated carbocycles. The summed E-state index contributed by atoms with van der Waals surface area (Å²) in [5.74, 6) is -0.281. The molecule has 1 aromatic rings. The fourth-order valence-corrected chi connectivity index (χ4v) is 2.10. The van der Waals surface area contributed by atoms with Gasteiger partial charge in [0.1, 0.15) is 0 Å². The Hall–Kier alpha value is -1.20. The van der Waals surface area contributed by atoms with Crippen molar-refractivity contribution in [3.63, 3.8) is 0 Å².